The first-order valence-corrected chi connectivity index (χ1v) is 5.26. The molecule has 2 rings (SSSR count). The number of hydrogen-bond donors (Lipinski definition) is 1. The molecule has 0 aliphatic heterocycles. The van der Waals surface area contributed by atoms with Gasteiger partial charge < -0.3 is 5.11 Å². The predicted octanol–water partition coefficient (Wildman–Crippen LogP) is 2.91. The molecule has 0 amide bonds. The van der Waals surface area contributed by atoms with Crippen molar-refractivity contribution >= 4 is 0 Å². The molecule has 1 atom stereocenters. The van der Waals surface area contributed by atoms with Crippen molar-refractivity contribution in [3.63, 3.8) is 0 Å². The van der Waals surface area contributed by atoms with Crippen LogP contribution in [0.1, 0.15) is 17.2 Å². The van der Waals surface area contributed by atoms with Crippen LogP contribution in [0.5, 0.6) is 0 Å². The van der Waals surface area contributed by atoms with E-state index in [4.69, 9.17) is 0 Å². The summed E-state index contributed by atoms with van der Waals surface area (Å²) in [7, 11) is 0. The van der Waals surface area contributed by atoms with E-state index < -0.39 is 6.10 Å². The maximum absolute atomic E-state index is 12.9. The molecule has 0 bridgehead atoms. The van der Waals surface area contributed by atoms with Crippen molar-refractivity contribution in [1.29, 1.82) is 0 Å². The van der Waals surface area contributed by atoms with Crippen LogP contribution < -0.4 is 0 Å². The van der Waals surface area contributed by atoms with E-state index >= 15 is 0 Å². The van der Waals surface area contributed by atoms with Crippen molar-refractivity contribution in [3.8, 4) is 11.8 Å². The Kier molecular flexibility index (Phi) is 3.54. The zero-order chi connectivity index (χ0) is 12.1. The number of rotatable bonds is 1. The molecule has 0 fully saturated rings. The first-order valence-electron chi connectivity index (χ1n) is 5.26. The van der Waals surface area contributed by atoms with Gasteiger partial charge in [0, 0.05) is 5.56 Å². The number of halogens is 1. The highest BCUT2D eigenvalue weighted by molar-refractivity contribution is 5.36. The summed E-state index contributed by atoms with van der Waals surface area (Å²) < 4.78 is 12.9. The molecule has 2 heteroatoms. The molecule has 0 radical (unpaired) electrons. The van der Waals surface area contributed by atoms with Crippen LogP contribution in [0.15, 0.2) is 54.6 Å². The second-order valence-corrected chi connectivity index (χ2v) is 3.59. The minimum atomic E-state index is -0.967. The summed E-state index contributed by atoms with van der Waals surface area (Å²) in [6, 6.07) is 15.2. The largest absolute Gasteiger partial charge is 0.376 e. The lowest BCUT2D eigenvalue weighted by Gasteiger charge is -2.02. The first kappa shape index (κ1) is 11.4. The van der Waals surface area contributed by atoms with Gasteiger partial charge in [-0.1, -0.05) is 42.2 Å². The summed E-state index contributed by atoms with van der Waals surface area (Å²) in [5.41, 5.74) is 1.29. The Labute approximate surface area is 99.5 Å². The van der Waals surface area contributed by atoms with E-state index in [2.05, 4.69) is 11.8 Å². The highest BCUT2D eigenvalue weighted by Gasteiger charge is 2.03. The number of benzene rings is 2. The Morgan fingerprint density at radius 1 is 1.00 bits per heavy atom. The van der Waals surface area contributed by atoms with Crippen LogP contribution >= 0.6 is 0 Å². The fourth-order valence-corrected chi connectivity index (χ4v) is 1.43. The second kappa shape index (κ2) is 5.29. The number of hydrogen-bond acceptors (Lipinski definition) is 1. The average molecular weight is 226 g/mol. The number of aliphatic hydroxyl groups is 1. The van der Waals surface area contributed by atoms with Crippen LogP contribution in [0.25, 0.3) is 0 Å². The zero-order valence-corrected chi connectivity index (χ0v) is 9.10. The molecule has 17 heavy (non-hydrogen) atoms. The van der Waals surface area contributed by atoms with E-state index in [1.165, 1.54) is 12.1 Å². The lowest BCUT2D eigenvalue weighted by atomic mass is 10.1. The van der Waals surface area contributed by atoms with Crippen LogP contribution in [0, 0.1) is 17.7 Å². The Morgan fingerprint density at radius 2 is 1.76 bits per heavy atom. The topological polar surface area (TPSA) is 20.2 Å². The van der Waals surface area contributed by atoms with Crippen LogP contribution in [-0.4, -0.2) is 5.11 Å². The summed E-state index contributed by atoms with van der Waals surface area (Å²) in [4.78, 5) is 0. The van der Waals surface area contributed by atoms with Gasteiger partial charge in [-0.25, -0.2) is 4.39 Å². The molecular formula is C15H11FO. The molecule has 1 unspecified atom stereocenters. The van der Waals surface area contributed by atoms with Crippen molar-refractivity contribution in [2.45, 2.75) is 6.10 Å². The Bertz CT molecular complexity index is 552. The molecule has 0 aliphatic carbocycles. The van der Waals surface area contributed by atoms with Gasteiger partial charge >= 0.3 is 0 Å². The van der Waals surface area contributed by atoms with Gasteiger partial charge in [-0.15, -0.1) is 0 Å². The van der Waals surface area contributed by atoms with Gasteiger partial charge in [-0.05, 0) is 29.8 Å². The Balaban J connectivity index is 2.18. The van der Waals surface area contributed by atoms with Gasteiger partial charge in [0.05, 0.1) is 0 Å². The van der Waals surface area contributed by atoms with Crippen LogP contribution in [0.2, 0.25) is 0 Å². The maximum Gasteiger partial charge on any atom is 0.140 e. The molecule has 1 nitrogen and oxygen atoms in total. The predicted molar refractivity (Wildman–Crippen MR) is 64.7 cm³/mol. The van der Waals surface area contributed by atoms with E-state index in [0.29, 0.717) is 5.56 Å². The lowest BCUT2D eigenvalue weighted by Crippen LogP contribution is -1.94. The minimum absolute atomic E-state index is 0.372. The summed E-state index contributed by atoms with van der Waals surface area (Å²) in [5, 5.41) is 9.77. The van der Waals surface area contributed by atoms with Gasteiger partial charge in [0.1, 0.15) is 11.9 Å². The molecule has 0 saturated carbocycles. The van der Waals surface area contributed by atoms with Crippen molar-refractivity contribution in [3.05, 3.63) is 71.5 Å². The van der Waals surface area contributed by atoms with Crippen molar-refractivity contribution in [2.75, 3.05) is 0 Å². The smallest absolute Gasteiger partial charge is 0.140 e. The normalized spacial score (nSPS) is 11.4. The molecule has 0 aliphatic rings. The fraction of sp³-hybridized carbons (Fsp3) is 0.0667. The van der Waals surface area contributed by atoms with Crippen molar-refractivity contribution in [2.24, 2.45) is 0 Å². The number of aliphatic hydroxyl groups excluding tert-OH is 1. The molecular weight excluding hydrogens is 215 g/mol. The fourth-order valence-electron chi connectivity index (χ4n) is 1.43. The summed E-state index contributed by atoms with van der Waals surface area (Å²) in [6.07, 6.45) is -0.967. The standard InChI is InChI=1S/C15H11FO/c16-14-8-4-7-13(11-14)15(17)10-9-12-5-2-1-3-6-12/h1-8,11,15,17H. The molecule has 2 aromatic rings. The van der Waals surface area contributed by atoms with E-state index in [-0.39, 0.29) is 5.82 Å². The molecule has 1 N–H and O–H groups in total. The highest BCUT2D eigenvalue weighted by atomic mass is 19.1. The highest BCUT2D eigenvalue weighted by Crippen LogP contribution is 2.13. The third-order valence-electron chi connectivity index (χ3n) is 2.29. The summed E-state index contributed by atoms with van der Waals surface area (Å²) in [6.45, 7) is 0. The molecule has 0 saturated heterocycles. The first-order chi connectivity index (χ1) is 8.25. The van der Waals surface area contributed by atoms with Gasteiger partial charge in [-0.2, -0.15) is 0 Å². The summed E-state index contributed by atoms with van der Waals surface area (Å²) in [5.74, 6) is 5.15. The monoisotopic (exact) mass is 226 g/mol. The molecule has 2 aromatic carbocycles. The molecule has 0 heterocycles. The quantitative estimate of drug-likeness (QED) is 0.741. The SMILES string of the molecule is OC(C#Cc1ccccc1)c1cccc(F)c1. The van der Waals surface area contributed by atoms with Crippen LogP contribution in [0.3, 0.4) is 0 Å². The zero-order valence-electron chi connectivity index (χ0n) is 9.10. The third kappa shape index (κ3) is 3.17. The van der Waals surface area contributed by atoms with Crippen LogP contribution in [0.4, 0.5) is 4.39 Å². The Morgan fingerprint density at radius 3 is 2.47 bits per heavy atom. The second-order valence-electron chi connectivity index (χ2n) is 3.59. The van der Waals surface area contributed by atoms with Gasteiger partial charge in [0.2, 0.25) is 0 Å². The maximum atomic E-state index is 12.9. The van der Waals surface area contributed by atoms with E-state index in [1.54, 1.807) is 12.1 Å². The van der Waals surface area contributed by atoms with Crippen LogP contribution in [-0.2, 0) is 0 Å². The minimum Gasteiger partial charge on any atom is -0.376 e. The average Bonchev–Trinajstić information content (AvgIpc) is 2.37. The van der Waals surface area contributed by atoms with E-state index in [0.717, 1.165) is 5.56 Å². The Hall–Kier alpha value is -2.11. The van der Waals surface area contributed by atoms with E-state index in [9.17, 15) is 9.50 Å². The van der Waals surface area contributed by atoms with Crippen molar-refractivity contribution < 1.29 is 9.50 Å². The molecule has 0 aromatic heterocycles. The summed E-state index contributed by atoms with van der Waals surface area (Å²) >= 11 is 0. The van der Waals surface area contributed by atoms with Gasteiger partial charge in [0.25, 0.3) is 0 Å². The molecule has 0 spiro atoms. The van der Waals surface area contributed by atoms with Gasteiger partial charge in [0.15, 0.2) is 0 Å². The van der Waals surface area contributed by atoms with E-state index in [1.807, 2.05) is 30.3 Å². The van der Waals surface area contributed by atoms with Crippen molar-refractivity contribution in [1.82, 2.24) is 0 Å². The van der Waals surface area contributed by atoms with Gasteiger partial charge in [-0.3, -0.25) is 0 Å². The molecule has 84 valence electrons. The lowest BCUT2D eigenvalue weighted by molar-refractivity contribution is 0.238. The third-order valence-corrected chi connectivity index (χ3v) is 2.29.